The minimum Gasteiger partial charge on any atom is -0.486 e. The highest BCUT2D eigenvalue weighted by Crippen LogP contribution is 2.27. The molecule has 4 rings (SSSR count). The first-order chi connectivity index (χ1) is 13.2. The molecule has 0 spiro atoms. The molecule has 1 aromatic heterocycles. The predicted molar refractivity (Wildman–Crippen MR) is 105 cm³/mol. The second-order valence-corrected chi connectivity index (χ2v) is 6.43. The summed E-state index contributed by atoms with van der Waals surface area (Å²) in [5.41, 5.74) is 4.08. The van der Waals surface area contributed by atoms with Gasteiger partial charge in [-0.3, -0.25) is 0 Å². The molecule has 1 atom stereocenters. The zero-order valence-corrected chi connectivity index (χ0v) is 15.3. The van der Waals surface area contributed by atoms with E-state index in [0.29, 0.717) is 11.7 Å². The Bertz CT molecular complexity index is 1020. The van der Waals surface area contributed by atoms with Gasteiger partial charge in [0.15, 0.2) is 0 Å². The fourth-order valence-electron chi connectivity index (χ4n) is 2.94. The fourth-order valence-corrected chi connectivity index (χ4v) is 2.94. The van der Waals surface area contributed by atoms with Crippen molar-refractivity contribution >= 4 is 0 Å². The van der Waals surface area contributed by atoms with Gasteiger partial charge >= 0.3 is 0 Å². The van der Waals surface area contributed by atoms with Crippen molar-refractivity contribution in [3.05, 3.63) is 90.0 Å². The number of hydrogen-bond donors (Lipinski definition) is 0. The third kappa shape index (κ3) is 3.75. The van der Waals surface area contributed by atoms with Gasteiger partial charge in [-0.1, -0.05) is 53.7 Å². The molecule has 0 fully saturated rings. The molecule has 134 valence electrons. The first kappa shape index (κ1) is 17.0. The number of rotatable bonds is 5. The van der Waals surface area contributed by atoms with Crippen molar-refractivity contribution in [1.82, 2.24) is 10.1 Å². The van der Waals surface area contributed by atoms with Crippen LogP contribution in [0.15, 0.2) is 83.4 Å². The van der Waals surface area contributed by atoms with E-state index in [1.165, 1.54) is 0 Å². The molecule has 0 aliphatic rings. The van der Waals surface area contributed by atoms with Gasteiger partial charge in [0.2, 0.25) is 5.82 Å². The summed E-state index contributed by atoms with van der Waals surface area (Å²) in [6.07, 6.45) is -0.0186. The lowest BCUT2D eigenvalue weighted by atomic mass is 10.1. The van der Waals surface area contributed by atoms with E-state index in [4.69, 9.17) is 9.26 Å². The second kappa shape index (κ2) is 7.46. The number of nitrogens with zero attached hydrogens (tertiary/aromatic N) is 2. The van der Waals surface area contributed by atoms with Gasteiger partial charge in [0.25, 0.3) is 5.89 Å². The molecule has 0 saturated carbocycles. The number of ether oxygens (including phenoxy) is 1. The highest BCUT2D eigenvalue weighted by molar-refractivity contribution is 5.62. The van der Waals surface area contributed by atoms with Gasteiger partial charge in [-0.15, -0.1) is 0 Å². The molecule has 0 aliphatic carbocycles. The summed E-state index contributed by atoms with van der Waals surface area (Å²) >= 11 is 0. The molecule has 0 saturated heterocycles. The van der Waals surface area contributed by atoms with Crippen molar-refractivity contribution < 1.29 is 9.26 Å². The van der Waals surface area contributed by atoms with E-state index in [2.05, 4.69) is 22.3 Å². The molecule has 4 aromatic rings. The lowest BCUT2D eigenvalue weighted by Crippen LogP contribution is -2.02. The minimum atomic E-state index is -0.0186. The molecule has 0 N–H and O–H groups in total. The summed E-state index contributed by atoms with van der Waals surface area (Å²) in [4.78, 5) is 4.53. The minimum absolute atomic E-state index is 0.0186. The van der Waals surface area contributed by atoms with E-state index in [1.807, 2.05) is 80.6 Å². The van der Waals surface area contributed by atoms with Crippen LogP contribution in [0.4, 0.5) is 0 Å². The van der Waals surface area contributed by atoms with Crippen molar-refractivity contribution in [2.45, 2.75) is 20.0 Å². The van der Waals surface area contributed by atoms with Gasteiger partial charge in [-0.25, -0.2) is 0 Å². The van der Waals surface area contributed by atoms with Crippen molar-refractivity contribution in [2.24, 2.45) is 0 Å². The Morgan fingerprint density at radius 1 is 0.852 bits per heavy atom. The highest BCUT2D eigenvalue weighted by Gasteiger charge is 2.13. The Labute approximate surface area is 158 Å². The molecule has 0 amide bonds. The van der Waals surface area contributed by atoms with E-state index >= 15 is 0 Å². The average molecular weight is 356 g/mol. The van der Waals surface area contributed by atoms with E-state index in [-0.39, 0.29) is 6.10 Å². The normalized spacial score (nSPS) is 11.9. The monoisotopic (exact) mass is 356 g/mol. The third-order valence-electron chi connectivity index (χ3n) is 4.50. The topological polar surface area (TPSA) is 48.2 Å². The summed E-state index contributed by atoms with van der Waals surface area (Å²) in [7, 11) is 0. The van der Waals surface area contributed by atoms with Gasteiger partial charge in [0.05, 0.1) is 0 Å². The van der Waals surface area contributed by atoms with Gasteiger partial charge in [0, 0.05) is 11.1 Å². The van der Waals surface area contributed by atoms with Gasteiger partial charge in [-0.2, -0.15) is 4.98 Å². The fraction of sp³-hybridized carbons (Fsp3) is 0.130. The zero-order valence-electron chi connectivity index (χ0n) is 15.3. The van der Waals surface area contributed by atoms with E-state index < -0.39 is 0 Å². The molecule has 4 nitrogen and oxygen atoms in total. The SMILES string of the molecule is Cc1ccccc1-c1nc(-c2ccc(OC(C)c3ccccc3)cc2)no1. The van der Waals surface area contributed by atoms with Crippen LogP contribution < -0.4 is 4.74 Å². The van der Waals surface area contributed by atoms with Crippen LogP contribution in [0, 0.1) is 6.92 Å². The van der Waals surface area contributed by atoms with Gasteiger partial charge < -0.3 is 9.26 Å². The lowest BCUT2D eigenvalue weighted by Gasteiger charge is -2.15. The first-order valence-corrected chi connectivity index (χ1v) is 8.92. The zero-order chi connectivity index (χ0) is 18.6. The molecular formula is C23H20N2O2. The van der Waals surface area contributed by atoms with Crippen LogP contribution in [-0.2, 0) is 0 Å². The standard InChI is InChI=1S/C23H20N2O2/c1-16-8-6-7-11-21(16)23-24-22(25-27-23)19-12-14-20(15-13-19)26-17(2)18-9-4-3-5-10-18/h3-15,17H,1-2H3. The largest absolute Gasteiger partial charge is 0.486 e. The molecular weight excluding hydrogens is 336 g/mol. The molecule has 1 unspecified atom stereocenters. The molecule has 27 heavy (non-hydrogen) atoms. The molecule has 0 aliphatic heterocycles. The van der Waals surface area contributed by atoms with Crippen LogP contribution in [0.2, 0.25) is 0 Å². The summed E-state index contributed by atoms with van der Waals surface area (Å²) in [5.74, 6) is 1.90. The highest BCUT2D eigenvalue weighted by atomic mass is 16.5. The Morgan fingerprint density at radius 3 is 2.30 bits per heavy atom. The lowest BCUT2D eigenvalue weighted by molar-refractivity contribution is 0.227. The summed E-state index contributed by atoms with van der Waals surface area (Å²) in [5, 5.41) is 4.12. The Balaban J connectivity index is 1.51. The average Bonchev–Trinajstić information content (AvgIpc) is 3.19. The Kier molecular flexibility index (Phi) is 4.71. The Morgan fingerprint density at radius 2 is 1.56 bits per heavy atom. The van der Waals surface area contributed by atoms with Crippen molar-refractivity contribution in [3.8, 4) is 28.6 Å². The van der Waals surface area contributed by atoms with Crippen molar-refractivity contribution in [3.63, 3.8) is 0 Å². The van der Waals surface area contributed by atoms with E-state index in [0.717, 1.165) is 28.0 Å². The maximum atomic E-state index is 6.02. The number of benzene rings is 3. The van der Waals surface area contributed by atoms with Crippen LogP contribution in [0.25, 0.3) is 22.8 Å². The predicted octanol–water partition coefficient (Wildman–Crippen LogP) is 5.85. The van der Waals surface area contributed by atoms with Crippen LogP contribution in [0.3, 0.4) is 0 Å². The van der Waals surface area contributed by atoms with E-state index in [9.17, 15) is 0 Å². The summed E-state index contributed by atoms with van der Waals surface area (Å²) < 4.78 is 11.5. The molecule has 0 bridgehead atoms. The Hall–Kier alpha value is -3.40. The number of aromatic nitrogens is 2. The maximum absolute atomic E-state index is 6.02. The number of aryl methyl sites for hydroxylation is 1. The smallest absolute Gasteiger partial charge is 0.258 e. The van der Waals surface area contributed by atoms with Crippen LogP contribution in [-0.4, -0.2) is 10.1 Å². The van der Waals surface area contributed by atoms with Gasteiger partial charge in [0.1, 0.15) is 11.9 Å². The molecule has 1 heterocycles. The quantitative estimate of drug-likeness (QED) is 0.450. The summed E-state index contributed by atoms with van der Waals surface area (Å²) in [6.45, 7) is 4.07. The van der Waals surface area contributed by atoms with Gasteiger partial charge in [-0.05, 0) is 55.3 Å². The molecule has 3 aromatic carbocycles. The first-order valence-electron chi connectivity index (χ1n) is 8.92. The third-order valence-corrected chi connectivity index (χ3v) is 4.50. The van der Waals surface area contributed by atoms with Crippen molar-refractivity contribution in [2.75, 3.05) is 0 Å². The van der Waals surface area contributed by atoms with Crippen LogP contribution in [0.5, 0.6) is 5.75 Å². The van der Waals surface area contributed by atoms with E-state index in [1.54, 1.807) is 0 Å². The second-order valence-electron chi connectivity index (χ2n) is 6.43. The number of hydrogen-bond acceptors (Lipinski definition) is 4. The molecule has 4 heteroatoms. The van der Waals surface area contributed by atoms with Crippen LogP contribution in [0.1, 0.15) is 24.2 Å². The van der Waals surface area contributed by atoms with Crippen LogP contribution >= 0.6 is 0 Å². The maximum Gasteiger partial charge on any atom is 0.258 e. The summed E-state index contributed by atoms with van der Waals surface area (Å²) in [6, 6.07) is 25.9. The molecule has 0 radical (unpaired) electrons. The van der Waals surface area contributed by atoms with Crippen molar-refractivity contribution in [1.29, 1.82) is 0 Å².